The van der Waals surface area contributed by atoms with Crippen LogP contribution >= 0.6 is 9.24 Å². The maximum atomic E-state index is 9.00. The summed E-state index contributed by atoms with van der Waals surface area (Å²) in [5, 5.41) is 8.66. The van der Waals surface area contributed by atoms with Crippen molar-refractivity contribution in [3.8, 4) is 44.5 Å². The van der Waals surface area contributed by atoms with Gasteiger partial charge in [0.2, 0.25) is 0 Å². The minimum Gasteiger partial charge on any atom is -0.481 e. The second-order valence-corrected chi connectivity index (χ2v) is 12.3. The monoisotopic (exact) mass is 708 g/mol. The van der Waals surface area contributed by atoms with Crippen LogP contribution in [0.15, 0.2) is 237 Å². The predicted molar refractivity (Wildman–Crippen MR) is 230 cm³/mol. The number of carboxylic acid groups (broad SMARTS) is 1. The Balaban J connectivity index is 0.000000153. The Bertz CT molecular complexity index is 1830. The fourth-order valence-corrected chi connectivity index (χ4v) is 5.54. The van der Waals surface area contributed by atoms with Crippen molar-refractivity contribution in [1.29, 1.82) is 0 Å². The highest BCUT2D eigenvalue weighted by Crippen LogP contribution is 2.20. The van der Waals surface area contributed by atoms with E-state index >= 15 is 0 Å². The molecule has 1 N–H and O–H groups in total. The topological polar surface area (TPSA) is 37.3 Å². The molecule has 1 atom stereocenters. The number of benzene rings is 8. The summed E-state index contributed by atoms with van der Waals surface area (Å²) >= 11 is 0. The zero-order valence-corrected chi connectivity index (χ0v) is 31.1. The van der Waals surface area contributed by atoms with E-state index in [9.17, 15) is 0 Å². The Labute approximate surface area is 317 Å². The lowest BCUT2D eigenvalue weighted by Crippen LogP contribution is -1.94. The molecule has 0 heterocycles. The van der Waals surface area contributed by atoms with Gasteiger partial charge >= 0.3 is 0 Å². The molecule has 1 unspecified atom stereocenters. The van der Waals surface area contributed by atoms with Gasteiger partial charge in [0.1, 0.15) is 0 Å². The number of rotatable bonds is 4. The first-order valence-corrected chi connectivity index (χ1v) is 18.0. The van der Waals surface area contributed by atoms with Crippen molar-refractivity contribution in [1.82, 2.24) is 0 Å². The summed E-state index contributed by atoms with van der Waals surface area (Å²) in [5.74, 6) is -0.833. The van der Waals surface area contributed by atoms with Crippen LogP contribution in [0, 0.1) is 0 Å². The second-order valence-electron chi connectivity index (χ2n) is 11.7. The van der Waals surface area contributed by atoms with Gasteiger partial charge in [0.15, 0.2) is 0 Å². The van der Waals surface area contributed by atoms with Crippen molar-refractivity contribution in [3.63, 3.8) is 0 Å². The summed E-state index contributed by atoms with van der Waals surface area (Å²) in [6, 6.07) is 81.1. The van der Waals surface area contributed by atoms with Crippen molar-refractivity contribution in [2.24, 2.45) is 0 Å². The van der Waals surface area contributed by atoms with E-state index in [0.29, 0.717) is 0 Å². The van der Waals surface area contributed by atoms with Gasteiger partial charge in [-0.3, -0.25) is 4.79 Å². The third-order valence-corrected chi connectivity index (χ3v) is 8.19. The molecule has 0 bridgehead atoms. The molecule has 0 aromatic heterocycles. The summed E-state index contributed by atoms with van der Waals surface area (Å²) in [7, 11) is 2.76. The van der Waals surface area contributed by atoms with Gasteiger partial charge < -0.3 is 5.11 Å². The standard InChI is InChI=1S/C12H11P.3C12H10.C2H4O2/c13-12-9-5-4-8-11(12)10-6-2-1-3-7-10;3*1-3-7-11(8-4-1)12-9-5-2-6-10-12;1-2(3)4/h1-9H,13H2;3*1-10H;1H3,(H,3,4). The van der Waals surface area contributed by atoms with Crippen LogP contribution in [0.2, 0.25) is 0 Å². The minimum atomic E-state index is -0.833. The van der Waals surface area contributed by atoms with Gasteiger partial charge in [-0.2, -0.15) is 0 Å². The van der Waals surface area contributed by atoms with E-state index in [1.807, 2.05) is 42.5 Å². The number of aliphatic carboxylic acids is 1. The van der Waals surface area contributed by atoms with Gasteiger partial charge in [0.05, 0.1) is 0 Å². The Morgan fingerprint density at radius 1 is 0.321 bits per heavy atom. The number of hydrogen-bond acceptors (Lipinski definition) is 1. The number of carbonyl (C=O) groups is 1. The molecule has 53 heavy (non-hydrogen) atoms. The Morgan fingerprint density at radius 2 is 0.491 bits per heavy atom. The SMILES string of the molecule is CC(=O)O.Pc1ccccc1-c1ccccc1.c1ccc(-c2ccccc2)cc1.c1ccc(-c2ccccc2)cc1.c1ccc(-c2ccccc2)cc1. The van der Waals surface area contributed by atoms with Crippen LogP contribution in [-0.2, 0) is 4.79 Å². The lowest BCUT2D eigenvalue weighted by atomic mass is 10.1. The molecule has 8 aromatic rings. The molecule has 0 saturated carbocycles. The van der Waals surface area contributed by atoms with E-state index in [4.69, 9.17) is 9.90 Å². The molecule has 0 aliphatic rings. The number of carboxylic acids is 1. The van der Waals surface area contributed by atoms with Gasteiger partial charge in [-0.25, -0.2) is 0 Å². The molecule has 0 saturated heterocycles. The van der Waals surface area contributed by atoms with Crippen LogP contribution in [0.5, 0.6) is 0 Å². The van der Waals surface area contributed by atoms with Crippen LogP contribution < -0.4 is 5.30 Å². The Morgan fingerprint density at radius 3 is 0.698 bits per heavy atom. The molecule has 0 radical (unpaired) electrons. The first-order chi connectivity index (χ1) is 26.0. The molecule has 8 aromatic carbocycles. The molecule has 0 amide bonds. The third-order valence-electron chi connectivity index (χ3n) is 7.69. The average Bonchev–Trinajstić information content (AvgIpc) is 3.24. The summed E-state index contributed by atoms with van der Waals surface area (Å²) in [4.78, 5) is 9.00. The van der Waals surface area contributed by atoms with Crippen molar-refractivity contribution in [2.45, 2.75) is 6.92 Å². The van der Waals surface area contributed by atoms with Gasteiger partial charge in [-0.05, 0) is 49.8 Å². The lowest BCUT2D eigenvalue weighted by molar-refractivity contribution is -0.134. The largest absolute Gasteiger partial charge is 0.481 e. The quantitative estimate of drug-likeness (QED) is 0.185. The smallest absolute Gasteiger partial charge is 0.300 e. The van der Waals surface area contributed by atoms with Crippen molar-refractivity contribution in [2.75, 3.05) is 0 Å². The van der Waals surface area contributed by atoms with Gasteiger partial charge in [-0.1, -0.05) is 237 Å². The van der Waals surface area contributed by atoms with Gasteiger partial charge in [0.25, 0.3) is 5.97 Å². The zero-order valence-electron chi connectivity index (χ0n) is 29.9. The highest BCUT2D eigenvalue weighted by Gasteiger charge is 1.98. The molecule has 0 fully saturated rings. The molecule has 2 nitrogen and oxygen atoms in total. The van der Waals surface area contributed by atoms with E-state index in [-0.39, 0.29) is 0 Å². The van der Waals surface area contributed by atoms with Crippen molar-refractivity contribution in [3.05, 3.63) is 237 Å². The molecule has 262 valence electrons. The first-order valence-electron chi connectivity index (χ1n) is 17.4. The van der Waals surface area contributed by atoms with Crippen LogP contribution in [-0.4, -0.2) is 11.1 Å². The predicted octanol–water partition coefficient (Wildman–Crippen LogP) is 13.0. The highest BCUT2D eigenvalue weighted by atomic mass is 31.0. The maximum absolute atomic E-state index is 9.00. The summed E-state index contributed by atoms with van der Waals surface area (Å²) in [6.07, 6.45) is 0. The zero-order chi connectivity index (χ0) is 37.4. The fraction of sp³-hybridized carbons (Fsp3) is 0.0200. The molecule has 0 aliphatic carbocycles. The minimum absolute atomic E-state index is 0.833. The highest BCUT2D eigenvalue weighted by molar-refractivity contribution is 7.28. The molecule has 8 rings (SSSR count). The van der Waals surface area contributed by atoms with Crippen molar-refractivity contribution < 1.29 is 9.90 Å². The van der Waals surface area contributed by atoms with E-state index < -0.39 is 5.97 Å². The van der Waals surface area contributed by atoms with Crippen LogP contribution in [0.3, 0.4) is 0 Å². The van der Waals surface area contributed by atoms with E-state index in [1.165, 1.54) is 49.8 Å². The molecular weight excluding hydrogens is 664 g/mol. The van der Waals surface area contributed by atoms with E-state index in [2.05, 4.69) is 203 Å². The molecular formula is C50H45O2P. The Kier molecular flexibility index (Phi) is 17.3. The van der Waals surface area contributed by atoms with E-state index in [1.54, 1.807) is 0 Å². The van der Waals surface area contributed by atoms with Gasteiger partial charge in [-0.15, -0.1) is 9.24 Å². The van der Waals surface area contributed by atoms with Crippen molar-refractivity contribution >= 4 is 20.5 Å². The molecule has 0 aliphatic heterocycles. The molecule has 0 spiro atoms. The third kappa shape index (κ3) is 14.8. The summed E-state index contributed by atoms with van der Waals surface area (Å²) in [6.45, 7) is 1.08. The maximum Gasteiger partial charge on any atom is 0.300 e. The summed E-state index contributed by atoms with van der Waals surface area (Å²) in [5.41, 5.74) is 10.2. The van der Waals surface area contributed by atoms with Crippen LogP contribution in [0.4, 0.5) is 0 Å². The van der Waals surface area contributed by atoms with Crippen LogP contribution in [0.1, 0.15) is 6.92 Å². The van der Waals surface area contributed by atoms with Crippen LogP contribution in [0.25, 0.3) is 44.5 Å². The first kappa shape index (κ1) is 39.4. The second kappa shape index (κ2) is 23.2. The number of hydrogen-bond donors (Lipinski definition) is 1. The van der Waals surface area contributed by atoms with Gasteiger partial charge in [0, 0.05) is 6.92 Å². The Hall–Kier alpha value is -6.34. The molecule has 3 heteroatoms. The average molecular weight is 709 g/mol. The summed E-state index contributed by atoms with van der Waals surface area (Å²) < 4.78 is 0. The lowest BCUT2D eigenvalue weighted by Gasteiger charge is -2.03. The fourth-order valence-electron chi connectivity index (χ4n) is 5.16. The normalized spacial score (nSPS) is 9.47. The van der Waals surface area contributed by atoms with E-state index in [0.717, 1.165) is 6.92 Å².